The predicted octanol–water partition coefficient (Wildman–Crippen LogP) is 5.41. The summed E-state index contributed by atoms with van der Waals surface area (Å²) in [5, 5.41) is 18.2. The van der Waals surface area contributed by atoms with Gasteiger partial charge in [-0.25, -0.2) is 4.68 Å². The topological polar surface area (TPSA) is 107 Å². The van der Waals surface area contributed by atoms with Gasteiger partial charge < -0.3 is 5.32 Å². The number of carbonyl (C=O) groups excluding carboxylic acids is 1. The van der Waals surface area contributed by atoms with Crippen LogP contribution in [0.1, 0.15) is 17.3 Å². The smallest absolute Gasteiger partial charge is 0.280 e. The minimum Gasteiger partial charge on any atom is -0.320 e. The zero-order valence-corrected chi connectivity index (χ0v) is 18.8. The fourth-order valence-electron chi connectivity index (χ4n) is 3.58. The van der Waals surface area contributed by atoms with Crippen molar-refractivity contribution in [2.75, 3.05) is 5.32 Å². The Labute approximate surface area is 199 Å². The molecular weight excluding hydrogens is 456 g/mol. The van der Waals surface area contributed by atoms with E-state index < -0.39 is 16.4 Å². The van der Waals surface area contributed by atoms with Crippen LogP contribution >= 0.6 is 11.6 Å². The Kier molecular flexibility index (Phi) is 6.51. The Balaban J connectivity index is 1.93. The molecule has 0 unspecified atom stereocenters. The van der Waals surface area contributed by atoms with Gasteiger partial charge in [-0.15, -0.1) is 0 Å². The van der Waals surface area contributed by atoms with Crippen molar-refractivity contribution in [3.63, 3.8) is 0 Å². The molecule has 0 radical (unpaired) electrons. The molecule has 170 valence electrons. The van der Waals surface area contributed by atoms with Crippen molar-refractivity contribution in [2.24, 2.45) is 0 Å². The van der Waals surface area contributed by atoms with E-state index in [1.54, 1.807) is 19.1 Å². The zero-order valence-electron chi connectivity index (χ0n) is 18.1. The van der Waals surface area contributed by atoms with E-state index in [9.17, 15) is 19.7 Å². The van der Waals surface area contributed by atoms with Crippen LogP contribution in [0.15, 0.2) is 83.7 Å². The average Bonchev–Trinajstić information content (AvgIpc) is 2.85. The summed E-state index contributed by atoms with van der Waals surface area (Å²) in [6, 6.07) is 22.0. The van der Waals surface area contributed by atoms with Gasteiger partial charge in [0.15, 0.2) is 0 Å². The van der Waals surface area contributed by atoms with E-state index in [1.807, 2.05) is 48.5 Å². The number of halogens is 1. The number of nitrogens with one attached hydrogen (secondary N) is 1. The van der Waals surface area contributed by atoms with Crippen LogP contribution < -0.4 is 10.9 Å². The van der Waals surface area contributed by atoms with Crippen molar-refractivity contribution in [3.05, 3.63) is 110 Å². The lowest BCUT2D eigenvalue weighted by Crippen LogP contribution is -2.32. The Morgan fingerprint density at radius 2 is 1.65 bits per heavy atom. The predicted molar refractivity (Wildman–Crippen MR) is 131 cm³/mol. The number of amides is 1. The fraction of sp³-hybridized carbons (Fsp3) is 0.0800. The second-order valence-corrected chi connectivity index (χ2v) is 7.73. The van der Waals surface area contributed by atoms with Crippen molar-refractivity contribution in [1.82, 2.24) is 9.78 Å². The Morgan fingerprint density at radius 1 is 1.03 bits per heavy atom. The summed E-state index contributed by atoms with van der Waals surface area (Å²) >= 11 is 6.17. The number of hydrogen-bond donors (Lipinski definition) is 1. The zero-order chi connectivity index (χ0) is 24.2. The minimum atomic E-state index is -0.693. The third-order valence-electron chi connectivity index (χ3n) is 5.20. The maximum absolute atomic E-state index is 13.5. The number of nitro benzene ring substituents is 1. The number of non-ortho nitro benzene ring substituents is 1. The highest BCUT2D eigenvalue weighted by Gasteiger charge is 2.25. The van der Waals surface area contributed by atoms with Crippen molar-refractivity contribution >= 4 is 28.9 Å². The van der Waals surface area contributed by atoms with Crippen molar-refractivity contribution in [1.29, 1.82) is 0 Å². The van der Waals surface area contributed by atoms with E-state index in [0.29, 0.717) is 16.8 Å². The van der Waals surface area contributed by atoms with E-state index in [0.717, 1.165) is 11.6 Å². The molecule has 0 atom stereocenters. The number of carbonyl (C=O) groups is 1. The van der Waals surface area contributed by atoms with Gasteiger partial charge >= 0.3 is 0 Å². The van der Waals surface area contributed by atoms with E-state index in [1.165, 1.54) is 16.8 Å². The van der Waals surface area contributed by atoms with Crippen LogP contribution in [0.3, 0.4) is 0 Å². The highest BCUT2D eigenvalue weighted by molar-refractivity contribution is 6.34. The van der Waals surface area contributed by atoms with Gasteiger partial charge in [0, 0.05) is 29.8 Å². The standard InChI is InChI=1S/C25H19ClN4O4/c1-2-29-25(32)22(24(31)27-20-14-13-18(30(33)34)15-19(20)26)21(16-9-5-3-6-10-16)23(28-29)17-11-7-4-8-12-17/h3-15H,2H2,1H3,(H,27,31). The normalized spacial score (nSPS) is 10.6. The maximum Gasteiger partial charge on any atom is 0.280 e. The molecule has 4 aromatic rings. The molecule has 4 rings (SSSR count). The lowest BCUT2D eigenvalue weighted by molar-refractivity contribution is -0.384. The summed E-state index contributed by atoms with van der Waals surface area (Å²) in [6.45, 7) is 2.02. The summed E-state index contributed by atoms with van der Waals surface area (Å²) in [5.41, 5.74) is 1.53. The summed E-state index contributed by atoms with van der Waals surface area (Å²) in [6.07, 6.45) is 0. The van der Waals surface area contributed by atoms with Crippen LogP contribution in [0, 0.1) is 10.1 Å². The second-order valence-electron chi connectivity index (χ2n) is 7.33. The number of hydrogen-bond acceptors (Lipinski definition) is 5. The van der Waals surface area contributed by atoms with Gasteiger partial charge in [-0.1, -0.05) is 72.3 Å². The van der Waals surface area contributed by atoms with Crippen molar-refractivity contribution < 1.29 is 9.72 Å². The molecule has 0 aliphatic carbocycles. The molecule has 0 aliphatic heterocycles. The van der Waals surface area contributed by atoms with E-state index >= 15 is 0 Å². The second kappa shape index (κ2) is 9.68. The highest BCUT2D eigenvalue weighted by atomic mass is 35.5. The average molecular weight is 475 g/mol. The first kappa shape index (κ1) is 22.9. The molecule has 34 heavy (non-hydrogen) atoms. The molecule has 9 heteroatoms. The van der Waals surface area contributed by atoms with E-state index in [-0.39, 0.29) is 28.5 Å². The molecular formula is C25H19ClN4O4. The van der Waals surface area contributed by atoms with Gasteiger partial charge in [-0.3, -0.25) is 19.7 Å². The molecule has 1 N–H and O–H groups in total. The number of nitrogens with zero attached hydrogens (tertiary/aromatic N) is 3. The van der Waals surface area contributed by atoms with Gasteiger partial charge in [0.25, 0.3) is 17.2 Å². The van der Waals surface area contributed by atoms with Crippen LogP contribution in [0.25, 0.3) is 22.4 Å². The first-order valence-corrected chi connectivity index (χ1v) is 10.8. The van der Waals surface area contributed by atoms with Gasteiger partial charge in [-0.2, -0.15) is 5.10 Å². The number of nitro groups is 1. The van der Waals surface area contributed by atoms with Crippen molar-refractivity contribution in [2.45, 2.75) is 13.5 Å². The molecule has 0 fully saturated rings. The number of rotatable bonds is 6. The monoisotopic (exact) mass is 474 g/mol. The van der Waals surface area contributed by atoms with Crippen molar-refractivity contribution in [3.8, 4) is 22.4 Å². The molecule has 1 aromatic heterocycles. The van der Waals surface area contributed by atoms with Gasteiger partial charge in [-0.05, 0) is 18.6 Å². The van der Waals surface area contributed by atoms with Gasteiger partial charge in [0.1, 0.15) is 5.56 Å². The summed E-state index contributed by atoms with van der Waals surface area (Å²) in [7, 11) is 0. The molecule has 0 spiro atoms. The van der Waals surface area contributed by atoms with Gasteiger partial charge in [0.05, 0.1) is 21.3 Å². The number of benzene rings is 3. The van der Waals surface area contributed by atoms with E-state index in [4.69, 9.17) is 11.6 Å². The largest absolute Gasteiger partial charge is 0.320 e. The molecule has 0 aliphatic rings. The molecule has 1 heterocycles. The number of anilines is 1. The first-order valence-electron chi connectivity index (χ1n) is 10.4. The molecule has 0 saturated carbocycles. The summed E-state index contributed by atoms with van der Waals surface area (Å²) in [5.74, 6) is -0.693. The molecule has 8 nitrogen and oxygen atoms in total. The number of aryl methyl sites for hydroxylation is 1. The Morgan fingerprint density at radius 3 is 2.21 bits per heavy atom. The third-order valence-corrected chi connectivity index (χ3v) is 5.52. The molecule has 0 saturated heterocycles. The Hall–Kier alpha value is -4.30. The Bertz CT molecular complexity index is 1440. The third kappa shape index (κ3) is 4.44. The van der Waals surface area contributed by atoms with Crippen LogP contribution in [-0.2, 0) is 6.54 Å². The lowest BCUT2D eigenvalue weighted by Gasteiger charge is -2.17. The maximum atomic E-state index is 13.5. The van der Waals surface area contributed by atoms with E-state index in [2.05, 4.69) is 10.4 Å². The van der Waals surface area contributed by atoms with Crippen LogP contribution in [-0.4, -0.2) is 20.6 Å². The highest BCUT2D eigenvalue weighted by Crippen LogP contribution is 2.33. The van der Waals surface area contributed by atoms with Gasteiger partial charge in [0.2, 0.25) is 0 Å². The quantitative estimate of drug-likeness (QED) is 0.297. The summed E-state index contributed by atoms with van der Waals surface area (Å²) < 4.78 is 1.24. The SMILES string of the molecule is CCn1nc(-c2ccccc2)c(-c2ccccc2)c(C(=O)Nc2ccc([N+](=O)[O-])cc2Cl)c1=O. The summed E-state index contributed by atoms with van der Waals surface area (Å²) in [4.78, 5) is 37.3. The fourth-order valence-corrected chi connectivity index (χ4v) is 3.81. The lowest BCUT2D eigenvalue weighted by atomic mass is 9.95. The molecule has 3 aromatic carbocycles. The van der Waals surface area contributed by atoms with Crippen LogP contribution in [0.4, 0.5) is 11.4 Å². The van der Waals surface area contributed by atoms with Crippen LogP contribution in [0.5, 0.6) is 0 Å². The minimum absolute atomic E-state index is 0.0167. The first-order chi connectivity index (χ1) is 16.4. The number of aromatic nitrogens is 2. The molecule has 1 amide bonds. The molecule has 0 bridgehead atoms. The van der Waals surface area contributed by atoms with Crippen LogP contribution in [0.2, 0.25) is 5.02 Å².